The largest absolute Gasteiger partial charge is 0.484 e. The number of anilines is 2. The van der Waals surface area contributed by atoms with E-state index in [1.807, 2.05) is 6.92 Å². The molecule has 1 heterocycles. The lowest BCUT2D eigenvalue weighted by Gasteiger charge is -2.28. The van der Waals surface area contributed by atoms with E-state index in [-0.39, 0.29) is 25.0 Å². The average Bonchev–Trinajstić information content (AvgIpc) is 2.61. The predicted octanol–water partition coefficient (Wildman–Crippen LogP) is 3.10. The topological polar surface area (TPSA) is 67.9 Å². The lowest BCUT2D eigenvalue weighted by molar-refractivity contribution is -0.121. The number of hydrogen-bond acceptors (Lipinski definition) is 4. The van der Waals surface area contributed by atoms with Crippen LogP contribution < -0.4 is 19.7 Å². The molecule has 130 valence electrons. The zero-order valence-electron chi connectivity index (χ0n) is 13.6. The van der Waals surface area contributed by atoms with Crippen molar-refractivity contribution in [2.75, 3.05) is 30.0 Å². The molecule has 0 aromatic heterocycles. The smallest absolute Gasteiger partial charge is 0.265 e. The molecule has 0 bridgehead atoms. The molecular formula is C18H17ClN2O4. The van der Waals surface area contributed by atoms with E-state index in [4.69, 9.17) is 21.1 Å². The number of likely N-dealkylation sites (N-methyl/N-ethyl adjacent to an activating group) is 1. The Kier molecular flexibility index (Phi) is 5.09. The highest BCUT2D eigenvalue weighted by molar-refractivity contribution is 6.30. The van der Waals surface area contributed by atoms with Crippen molar-refractivity contribution in [1.82, 2.24) is 0 Å². The van der Waals surface area contributed by atoms with Crippen LogP contribution in [0.4, 0.5) is 11.4 Å². The summed E-state index contributed by atoms with van der Waals surface area (Å²) in [6.45, 7) is 2.34. The number of halogens is 1. The van der Waals surface area contributed by atoms with Crippen LogP contribution in [0.2, 0.25) is 5.02 Å². The van der Waals surface area contributed by atoms with Crippen molar-refractivity contribution in [3.63, 3.8) is 0 Å². The first kappa shape index (κ1) is 17.1. The zero-order valence-corrected chi connectivity index (χ0v) is 14.4. The summed E-state index contributed by atoms with van der Waals surface area (Å²) in [6.07, 6.45) is 0. The maximum Gasteiger partial charge on any atom is 0.265 e. The SMILES string of the molecule is CCN1C(=O)COc2cc(NC(=O)COc3ccc(Cl)cc3)ccc21. The third kappa shape index (κ3) is 4.03. The van der Waals surface area contributed by atoms with Gasteiger partial charge in [0, 0.05) is 23.3 Å². The van der Waals surface area contributed by atoms with Gasteiger partial charge in [-0.2, -0.15) is 0 Å². The van der Waals surface area contributed by atoms with Gasteiger partial charge in [-0.25, -0.2) is 0 Å². The number of carbonyl (C=O) groups excluding carboxylic acids is 2. The number of benzene rings is 2. The van der Waals surface area contributed by atoms with Crippen molar-refractivity contribution < 1.29 is 19.1 Å². The third-order valence-electron chi connectivity index (χ3n) is 3.69. The van der Waals surface area contributed by atoms with Gasteiger partial charge >= 0.3 is 0 Å². The first-order valence-electron chi connectivity index (χ1n) is 7.82. The molecule has 0 saturated heterocycles. The van der Waals surface area contributed by atoms with Gasteiger partial charge in [-0.15, -0.1) is 0 Å². The standard InChI is InChI=1S/C18H17ClN2O4/c1-2-21-15-8-5-13(9-16(15)25-11-18(21)23)20-17(22)10-24-14-6-3-12(19)4-7-14/h3-9H,2,10-11H2,1H3,(H,20,22). The number of fused-ring (bicyclic) bond motifs is 1. The minimum absolute atomic E-state index is 0.00207. The third-order valence-corrected chi connectivity index (χ3v) is 3.94. The first-order chi connectivity index (χ1) is 12.1. The summed E-state index contributed by atoms with van der Waals surface area (Å²) in [5.41, 5.74) is 1.28. The Balaban J connectivity index is 1.62. The number of hydrogen-bond donors (Lipinski definition) is 1. The van der Waals surface area contributed by atoms with Gasteiger partial charge in [0.15, 0.2) is 13.2 Å². The molecule has 2 aromatic carbocycles. The number of amides is 2. The molecule has 1 N–H and O–H groups in total. The summed E-state index contributed by atoms with van der Waals surface area (Å²) in [5, 5.41) is 3.35. The number of rotatable bonds is 5. The van der Waals surface area contributed by atoms with Crippen LogP contribution in [0.15, 0.2) is 42.5 Å². The second-order valence-corrected chi connectivity index (χ2v) is 5.84. The second-order valence-electron chi connectivity index (χ2n) is 5.40. The van der Waals surface area contributed by atoms with Crippen LogP contribution >= 0.6 is 11.6 Å². The number of nitrogens with zero attached hydrogens (tertiary/aromatic N) is 1. The highest BCUT2D eigenvalue weighted by Gasteiger charge is 2.24. The summed E-state index contributed by atoms with van der Waals surface area (Å²) >= 11 is 5.80. The minimum atomic E-state index is -0.297. The highest BCUT2D eigenvalue weighted by Crippen LogP contribution is 2.34. The van der Waals surface area contributed by atoms with Crippen molar-refractivity contribution >= 4 is 34.8 Å². The molecule has 7 heteroatoms. The van der Waals surface area contributed by atoms with Crippen LogP contribution in [0.3, 0.4) is 0 Å². The van der Waals surface area contributed by atoms with E-state index in [0.717, 1.165) is 0 Å². The maximum atomic E-state index is 12.0. The zero-order chi connectivity index (χ0) is 17.8. The summed E-state index contributed by atoms with van der Waals surface area (Å²) in [7, 11) is 0. The molecule has 0 radical (unpaired) electrons. The van der Waals surface area contributed by atoms with E-state index in [1.54, 1.807) is 47.4 Å². The molecule has 1 aliphatic heterocycles. The van der Waals surface area contributed by atoms with E-state index >= 15 is 0 Å². The van der Waals surface area contributed by atoms with E-state index < -0.39 is 0 Å². The van der Waals surface area contributed by atoms with Gasteiger partial charge in [-0.1, -0.05) is 11.6 Å². The quantitative estimate of drug-likeness (QED) is 0.889. The van der Waals surface area contributed by atoms with Crippen LogP contribution in [0, 0.1) is 0 Å². The molecule has 25 heavy (non-hydrogen) atoms. The van der Waals surface area contributed by atoms with Gasteiger partial charge in [-0.3, -0.25) is 9.59 Å². The van der Waals surface area contributed by atoms with Gasteiger partial charge in [-0.05, 0) is 43.3 Å². The number of carbonyl (C=O) groups is 2. The lowest BCUT2D eigenvalue weighted by atomic mass is 10.2. The van der Waals surface area contributed by atoms with Gasteiger partial charge in [0.2, 0.25) is 0 Å². The number of nitrogens with one attached hydrogen (secondary N) is 1. The Morgan fingerprint density at radius 2 is 2.04 bits per heavy atom. The van der Waals surface area contributed by atoms with Crippen molar-refractivity contribution in [2.24, 2.45) is 0 Å². The molecule has 0 aliphatic carbocycles. The van der Waals surface area contributed by atoms with E-state index in [0.29, 0.717) is 34.4 Å². The van der Waals surface area contributed by atoms with Crippen molar-refractivity contribution in [3.8, 4) is 11.5 Å². The highest BCUT2D eigenvalue weighted by atomic mass is 35.5. The monoisotopic (exact) mass is 360 g/mol. The molecule has 3 rings (SSSR count). The minimum Gasteiger partial charge on any atom is -0.484 e. The molecule has 0 atom stereocenters. The molecule has 0 spiro atoms. The Hall–Kier alpha value is -2.73. The van der Waals surface area contributed by atoms with Gasteiger partial charge in [0.1, 0.15) is 11.5 Å². The first-order valence-corrected chi connectivity index (χ1v) is 8.20. The number of ether oxygens (including phenoxy) is 2. The molecule has 2 aromatic rings. The Morgan fingerprint density at radius 3 is 2.76 bits per heavy atom. The Labute approximate surface area is 150 Å². The summed E-state index contributed by atoms with van der Waals surface area (Å²) in [4.78, 5) is 25.5. The fourth-order valence-corrected chi connectivity index (χ4v) is 2.63. The Bertz CT molecular complexity index is 792. The second kappa shape index (κ2) is 7.44. The molecule has 0 saturated carbocycles. The van der Waals surface area contributed by atoms with E-state index in [2.05, 4.69) is 5.32 Å². The van der Waals surface area contributed by atoms with Crippen LogP contribution in [0.1, 0.15) is 6.92 Å². The summed E-state index contributed by atoms with van der Waals surface area (Å²) in [6, 6.07) is 11.9. The molecular weight excluding hydrogens is 344 g/mol. The van der Waals surface area contributed by atoms with Crippen LogP contribution in [0.5, 0.6) is 11.5 Å². The van der Waals surface area contributed by atoms with Gasteiger partial charge in [0.25, 0.3) is 11.8 Å². The fraction of sp³-hybridized carbons (Fsp3) is 0.222. The molecule has 0 unspecified atom stereocenters. The van der Waals surface area contributed by atoms with Crippen LogP contribution in [0.25, 0.3) is 0 Å². The van der Waals surface area contributed by atoms with Gasteiger partial charge < -0.3 is 19.7 Å². The summed E-state index contributed by atoms with van der Waals surface area (Å²) < 4.78 is 10.8. The average molecular weight is 361 g/mol. The van der Waals surface area contributed by atoms with Crippen molar-refractivity contribution in [3.05, 3.63) is 47.5 Å². The predicted molar refractivity (Wildman–Crippen MR) is 95.5 cm³/mol. The van der Waals surface area contributed by atoms with E-state index in [1.165, 1.54) is 0 Å². The fourth-order valence-electron chi connectivity index (χ4n) is 2.51. The molecule has 2 amide bonds. The van der Waals surface area contributed by atoms with Gasteiger partial charge in [0.05, 0.1) is 5.69 Å². The van der Waals surface area contributed by atoms with Crippen molar-refractivity contribution in [2.45, 2.75) is 6.92 Å². The normalized spacial score (nSPS) is 13.0. The van der Waals surface area contributed by atoms with Crippen LogP contribution in [-0.4, -0.2) is 31.6 Å². The summed E-state index contributed by atoms with van der Waals surface area (Å²) in [5.74, 6) is 0.751. The van der Waals surface area contributed by atoms with E-state index in [9.17, 15) is 9.59 Å². The molecule has 6 nitrogen and oxygen atoms in total. The van der Waals surface area contributed by atoms with Crippen LogP contribution in [-0.2, 0) is 9.59 Å². The maximum absolute atomic E-state index is 12.0. The van der Waals surface area contributed by atoms with Crippen molar-refractivity contribution in [1.29, 1.82) is 0 Å². The Morgan fingerprint density at radius 1 is 1.28 bits per heavy atom. The molecule has 1 aliphatic rings. The lowest BCUT2D eigenvalue weighted by Crippen LogP contribution is -2.38. The molecule has 0 fully saturated rings.